The molecule has 0 spiro atoms. The molecular weight excluding hydrogens is 248 g/mol. The van der Waals surface area contributed by atoms with Gasteiger partial charge in [0, 0.05) is 19.3 Å². The first-order chi connectivity index (χ1) is 9.20. The maximum atomic E-state index is 11.2. The summed E-state index contributed by atoms with van der Waals surface area (Å²) in [5, 5.41) is 0. The van der Waals surface area contributed by atoms with Crippen LogP contribution in [-0.4, -0.2) is 20.0 Å². The molecule has 1 aromatic rings. The number of methoxy groups -OCH3 is 1. The Kier molecular flexibility index (Phi) is 5.52. The summed E-state index contributed by atoms with van der Waals surface area (Å²) in [6.07, 6.45) is 3.02. The summed E-state index contributed by atoms with van der Waals surface area (Å²) in [5.41, 5.74) is 3.33. The first kappa shape index (κ1) is 16.9. The maximum absolute atomic E-state index is 11.2. The van der Waals surface area contributed by atoms with E-state index in [1.54, 1.807) is 7.11 Å². The summed E-state index contributed by atoms with van der Waals surface area (Å²) in [6.45, 7) is 11.8. The number of carbonyl (C=O) groups excluding carboxylic acids is 1. The van der Waals surface area contributed by atoms with Crippen LogP contribution >= 0.6 is 0 Å². The van der Waals surface area contributed by atoms with Crippen LogP contribution in [0.3, 0.4) is 0 Å². The summed E-state index contributed by atoms with van der Waals surface area (Å²) >= 11 is 0. The minimum absolute atomic E-state index is 0.0520. The van der Waals surface area contributed by atoms with E-state index in [0.717, 1.165) is 31.3 Å². The Morgan fingerprint density at radius 1 is 1.05 bits per heavy atom. The van der Waals surface area contributed by atoms with Gasteiger partial charge in [-0.15, -0.1) is 0 Å². The van der Waals surface area contributed by atoms with Crippen molar-refractivity contribution in [3.05, 3.63) is 34.9 Å². The SMILES string of the molecule is COCCCC(C)(C)c1cc(C=O)cc(C(C)(C)C)c1. The molecule has 0 aliphatic carbocycles. The molecule has 20 heavy (non-hydrogen) atoms. The Labute approximate surface area is 123 Å². The number of hydrogen-bond acceptors (Lipinski definition) is 2. The molecule has 0 aliphatic rings. The average molecular weight is 276 g/mol. The van der Waals surface area contributed by atoms with Gasteiger partial charge in [-0.3, -0.25) is 4.79 Å². The smallest absolute Gasteiger partial charge is 0.150 e. The van der Waals surface area contributed by atoms with Crippen molar-refractivity contribution in [2.75, 3.05) is 13.7 Å². The van der Waals surface area contributed by atoms with Crippen molar-refractivity contribution < 1.29 is 9.53 Å². The van der Waals surface area contributed by atoms with E-state index in [2.05, 4.69) is 40.7 Å². The van der Waals surface area contributed by atoms with Crippen LogP contribution in [0.2, 0.25) is 0 Å². The normalized spacial score (nSPS) is 12.5. The molecule has 2 nitrogen and oxygen atoms in total. The van der Waals surface area contributed by atoms with Gasteiger partial charge in [-0.2, -0.15) is 0 Å². The molecule has 0 heterocycles. The lowest BCUT2D eigenvalue weighted by molar-refractivity contribution is 0.112. The molecule has 1 aromatic carbocycles. The number of ether oxygens (including phenoxy) is 1. The van der Waals surface area contributed by atoms with E-state index < -0.39 is 0 Å². The third kappa shape index (κ3) is 4.45. The third-order valence-corrected chi connectivity index (χ3v) is 3.89. The summed E-state index contributed by atoms with van der Waals surface area (Å²) in [5.74, 6) is 0. The first-order valence-corrected chi connectivity index (χ1v) is 7.31. The Balaban J connectivity index is 3.13. The zero-order valence-corrected chi connectivity index (χ0v) is 13.7. The van der Waals surface area contributed by atoms with Crippen molar-refractivity contribution in [1.29, 1.82) is 0 Å². The molecule has 0 fully saturated rings. The number of hydrogen-bond donors (Lipinski definition) is 0. The second kappa shape index (κ2) is 6.53. The maximum Gasteiger partial charge on any atom is 0.150 e. The van der Waals surface area contributed by atoms with Gasteiger partial charge in [0.25, 0.3) is 0 Å². The van der Waals surface area contributed by atoms with E-state index in [9.17, 15) is 4.79 Å². The summed E-state index contributed by atoms with van der Waals surface area (Å²) < 4.78 is 5.14. The molecular formula is C18H28O2. The van der Waals surface area contributed by atoms with Crippen molar-refractivity contribution >= 4 is 6.29 Å². The molecule has 0 radical (unpaired) electrons. The second-order valence-corrected chi connectivity index (χ2v) is 7.19. The van der Waals surface area contributed by atoms with Crippen LogP contribution < -0.4 is 0 Å². The Morgan fingerprint density at radius 2 is 1.65 bits per heavy atom. The monoisotopic (exact) mass is 276 g/mol. The van der Waals surface area contributed by atoms with Crippen LogP contribution in [0.4, 0.5) is 0 Å². The van der Waals surface area contributed by atoms with E-state index in [-0.39, 0.29) is 10.8 Å². The van der Waals surface area contributed by atoms with Gasteiger partial charge < -0.3 is 4.74 Å². The fourth-order valence-electron chi connectivity index (χ4n) is 2.35. The van der Waals surface area contributed by atoms with Gasteiger partial charge in [-0.25, -0.2) is 0 Å². The van der Waals surface area contributed by atoms with Gasteiger partial charge in [0.05, 0.1) is 0 Å². The summed E-state index contributed by atoms with van der Waals surface area (Å²) in [6, 6.07) is 6.27. The number of aldehydes is 1. The highest BCUT2D eigenvalue weighted by Gasteiger charge is 2.23. The highest BCUT2D eigenvalue weighted by molar-refractivity contribution is 5.76. The van der Waals surface area contributed by atoms with Gasteiger partial charge >= 0.3 is 0 Å². The highest BCUT2D eigenvalue weighted by atomic mass is 16.5. The average Bonchev–Trinajstić information content (AvgIpc) is 2.37. The van der Waals surface area contributed by atoms with E-state index in [1.165, 1.54) is 11.1 Å². The van der Waals surface area contributed by atoms with Gasteiger partial charge in [0.2, 0.25) is 0 Å². The minimum atomic E-state index is 0.0520. The Hall–Kier alpha value is -1.15. The third-order valence-electron chi connectivity index (χ3n) is 3.89. The zero-order chi connectivity index (χ0) is 15.4. The molecule has 0 amide bonds. The highest BCUT2D eigenvalue weighted by Crippen LogP contribution is 2.33. The first-order valence-electron chi connectivity index (χ1n) is 7.31. The largest absolute Gasteiger partial charge is 0.385 e. The van der Waals surface area contributed by atoms with Crippen LogP contribution in [0.25, 0.3) is 0 Å². The number of rotatable bonds is 6. The second-order valence-electron chi connectivity index (χ2n) is 7.19. The molecule has 0 bridgehead atoms. The molecule has 112 valence electrons. The lowest BCUT2D eigenvalue weighted by Crippen LogP contribution is -2.20. The topological polar surface area (TPSA) is 26.3 Å². The van der Waals surface area contributed by atoms with Crippen molar-refractivity contribution in [1.82, 2.24) is 0 Å². The van der Waals surface area contributed by atoms with Crippen molar-refractivity contribution in [3.63, 3.8) is 0 Å². The molecule has 0 N–H and O–H groups in total. The number of carbonyl (C=O) groups is 1. The Morgan fingerprint density at radius 3 is 2.15 bits per heavy atom. The van der Waals surface area contributed by atoms with Crippen LogP contribution in [0.15, 0.2) is 18.2 Å². The van der Waals surface area contributed by atoms with Crippen LogP contribution in [-0.2, 0) is 15.6 Å². The molecule has 0 saturated heterocycles. The van der Waals surface area contributed by atoms with Crippen molar-refractivity contribution in [2.45, 2.75) is 58.3 Å². The molecule has 1 rings (SSSR count). The summed E-state index contributed by atoms with van der Waals surface area (Å²) in [7, 11) is 1.73. The van der Waals surface area contributed by atoms with E-state index in [1.807, 2.05) is 12.1 Å². The minimum Gasteiger partial charge on any atom is -0.385 e. The molecule has 0 unspecified atom stereocenters. The fraction of sp³-hybridized carbons (Fsp3) is 0.611. The predicted molar refractivity (Wildman–Crippen MR) is 84.7 cm³/mol. The molecule has 0 aromatic heterocycles. The predicted octanol–water partition coefficient (Wildman–Crippen LogP) is 4.50. The number of benzene rings is 1. The van der Waals surface area contributed by atoms with E-state index in [0.29, 0.717) is 0 Å². The van der Waals surface area contributed by atoms with Crippen LogP contribution in [0.5, 0.6) is 0 Å². The van der Waals surface area contributed by atoms with Gasteiger partial charge in [-0.1, -0.05) is 40.7 Å². The molecule has 0 atom stereocenters. The molecule has 2 heteroatoms. The Bertz CT molecular complexity index is 453. The quantitative estimate of drug-likeness (QED) is 0.565. The van der Waals surface area contributed by atoms with Crippen molar-refractivity contribution in [3.8, 4) is 0 Å². The molecule has 0 saturated carbocycles. The fourth-order valence-corrected chi connectivity index (χ4v) is 2.35. The van der Waals surface area contributed by atoms with Gasteiger partial charge in [-0.05, 0) is 46.9 Å². The molecule has 0 aliphatic heterocycles. The van der Waals surface area contributed by atoms with E-state index >= 15 is 0 Å². The standard InChI is InChI=1S/C18H28O2/c1-17(2,3)15-10-14(13-19)11-16(12-15)18(4,5)8-7-9-20-6/h10-13H,7-9H2,1-6H3. The summed E-state index contributed by atoms with van der Waals surface area (Å²) in [4.78, 5) is 11.2. The van der Waals surface area contributed by atoms with Crippen molar-refractivity contribution in [2.24, 2.45) is 0 Å². The van der Waals surface area contributed by atoms with Crippen LogP contribution in [0, 0.1) is 0 Å². The van der Waals surface area contributed by atoms with Gasteiger partial charge in [0.15, 0.2) is 0 Å². The van der Waals surface area contributed by atoms with E-state index in [4.69, 9.17) is 4.74 Å². The van der Waals surface area contributed by atoms with Crippen LogP contribution in [0.1, 0.15) is 68.9 Å². The lowest BCUT2D eigenvalue weighted by Gasteiger charge is -2.28. The zero-order valence-electron chi connectivity index (χ0n) is 13.7. The lowest BCUT2D eigenvalue weighted by atomic mass is 9.76. The van der Waals surface area contributed by atoms with Gasteiger partial charge in [0.1, 0.15) is 6.29 Å².